The molecule has 1 aliphatic rings. The molecule has 1 aliphatic heterocycles. The van der Waals surface area contributed by atoms with Gasteiger partial charge in [0, 0.05) is 18.6 Å². The molecule has 1 saturated heterocycles. The Morgan fingerprint density at radius 1 is 1.67 bits per heavy atom. The fraction of sp³-hybridized carbons (Fsp3) is 1.00. The van der Waals surface area contributed by atoms with Crippen molar-refractivity contribution in [2.24, 2.45) is 0 Å². The molecule has 1 rings (SSSR count). The maximum absolute atomic E-state index is 8.98. The van der Waals surface area contributed by atoms with E-state index in [1.807, 2.05) is 7.05 Å². The fourth-order valence-corrected chi connectivity index (χ4v) is 1.76. The highest BCUT2D eigenvalue weighted by molar-refractivity contribution is 4.79. The van der Waals surface area contributed by atoms with E-state index in [9.17, 15) is 0 Å². The topological polar surface area (TPSA) is 35.5 Å². The third-order valence-electron chi connectivity index (χ3n) is 2.75. The highest BCUT2D eigenvalue weighted by Crippen LogP contribution is 2.12. The lowest BCUT2D eigenvalue weighted by atomic mass is 10.0. The van der Waals surface area contributed by atoms with Gasteiger partial charge in [-0.15, -0.1) is 0 Å². The van der Waals surface area contributed by atoms with E-state index in [0.29, 0.717) is 12.1 Å². The molecular formula is C9H20N2O. The van der Waals surface area contributed by atoms with E-state index in [1.54, 1.807) is 0 Å². The summed E-state index contributed by atoms with van der Waals surface area (Å²) >= 11 is 0. The van der Waals surface area contributed by atoms with Crippen LogP contribution < -0.4 is 5.32 Å². The largest absolute Gasteiger partial charge is 0.395 e. The maximum atomic E-state index is 8.98. The van der Waals surface area contributed by atoms with Gasteiger partial charge in [-0.2, -0.15) is 0 Å². The fourth-order valence-electron chi connectivity index (χ4n) is 1.76. The molecule has 2 atom stereocenters. The third kappa shape index (κ3) is 2.44. The predicted octanol–water partition coefficient (Wildman–Crippen LogP) is 0.0510. The van der Waals surface area contributed by atoms with Crippen LogP contribution in [0, 0.1) is 0 Å². The molecule has 3 heteroatoms. The first-order chi connectivity index (χ1) is 5.77. The summed E-state index contributed by atoms with van der Waals surface area (Å²) in [5.74, 6) is 0. The Labute approximate surface area is 74.8 Å². The highest BCUT2D eigenvalue weighted by Gasteiger charge is 2.21. The molecule has 2 unspecified atom stereocenters. The molecule has 0 spiro atoms. The van der Waals surface area contributed by atoms with Crippen LogP contribution in [0.4, 0.5) is 0 Å². The minimum Gasteiger partial charge on any atom is -0.395 e. The second-order valence-electron chi connectivity index (χ2n) is 3.65. The molecule has 0 amide bonds. The summed E-state index contributed by atoms with van der Waals surface area (Å²) in [5.41, 5.74) is 0. The molecule has 0 bridgehead atoms. The lowest BCUT2D eigenvalue weighted by Crippen LogP contribution is -2.48. The van der Waals surface area contributed by atoms with Gasteiger partial charge in [0.15, 0.2) is 0 Å². The molecule has 0 aromatic heterocycles. The zero-order valence-corrected chi connectivity index (χ0v) is 8.08. The molecule has 1 fully saturated rings. The minimum absolute atomic E-state index is 0.274. The van der Waals surface area contributed by atoms with E-state index in [0.717, 1.165) is 13.1 Å². The van der Waals surface area contributed by atoms with Gasteiger partial charge in [-0.1, -0.05) is 0 Å². The lowest BCUT2D eigenvalue weighted by molar-refractivity contribution is 0.101. The lowest BCUT2D eigenvalue weighted by Gasteiger charge is -2.35. The van der Waals surface area contributed by atoms with Crippen molar-refractivity contribution in [3.8, 4) is 0 Å². The van der Waals surface area contributed by atoms with Crippen LogP contribution in [-0.2, 0) is 0 Å². The summed E-state index contributed by atoms with van der Waals surface area (Å²) in [7, 11) is 2.01. The van der Waals surface area contributed by atoms with Crippen LogP contribution in [-0.4, -0.2) is 48.8 Å². The highest BCUT2D eigenvalue weighted by atomic mass is 16.3. The van der Waals surface area contributed by atoms with Gasteiger partial charge in [-0.3, -0.25) is 4.90 Å². The van der Waals surface area contributed by atoms with Crippen molar-refractivity contribution in [3.63, 3.8) is 0 Å². The van der Waals surface area contributed by atoms with Crippen molar-refractivity contribution in [2.45, 2.75) is 31.8 Å². The van der Waals surface area contributed by atoms with Crippen LogP contribution >= 0.6 is 0 Å². The molecule has 1 heterocycles. The summed E-state index contributed by atoms with van der Waals surface area (Å²) in [5, 5.41) is 12.3. The van der Waals surface area contributed by atoms with Crippen LogP contribution in [0.2, 0.25) is 0 Å². The number of piperidine rings is 1. The van der Waals surface area contributed by atoms with E-state index < -0.39 is 0 Å². The molecule has 12 heavy (non-hydrogen) atoms. The Hall–Kier alpha value is -0.120. The molecule has 0 aromatic rings. The number of likely N-dealkylation sites (tertiary alicyclic amines) is 1. The van der Waals surface area contributed by atoms with Crippen LogP contribution in [0.3, 0.4) is 0 Å². The van der Waals surface area contributed by atoms with Crippen molar-refractivity contribution in [1.29, 1.82) is 0 Å². The molecule has 3 nitrogen and oxygen atoms in total. The zero-order valence-electron chi connectivity index (χ0n) is 8.08. The summed E-state index contributed by atoms with van der Waals surface area (Å²) in [6, 6.07) is 0.939. The second kappa shape index (κ2) is 4.80. The minimum atomic E-state index is 0.274. The number of aliphatic hydroxyl groups is 1. The Morgan fingerprint density at radius 2 is 2.42 bits per heavy atom. The quantitative estimate of drug-likeness (QED) is 0.631. The van der Waals surface area contributed by atoms with Crippen LogP contribution in [0.1, 0.15) is 19.8 Å². The van der Waals surface area contributed by atoms with Gasteiger partial charge in [0.2, 0.25) is 0 Å². The van der Waals surface area contributed by atoms with E-state index in [-0.39, 0.29) is 6.61 Å². The molecule has 0 radical (unpaired) electrons. The van der Waals surface area contributed by atoms with E-state index in [1.165, 1.54) is 12.8 Å². The van der Waals surface area contributed by atoms with Gasteiger partial charge < -0.3 is 10.4 Å². The van der Waals surface area contributed by atoms with Crippen LogP contribution in [0.25, 0.3) is 0 Å². The number of nitrogens with zero attached hydrogens (tertiary/aromatic N) is 1. The average molecular weight is 172 g/mol. The van der Waals surface area contributed by atoms with E-state index >= 15 is 0 Å². The van der Waals surface area contributed by atoms with Crippen LogP contribution in [0.15, 0.2) is 0 Å². The maximum Gasteiger partial charge on any atom is 0.0584 e. The molecular weight excluding hydrogens is 152 g/mol. The summed E-state index contributed by atoms with van der Waals surface area (Å²) in [6.07, 6.45) is 2.51. The smallest absolute Gasteiger partial charge is 0.0584 e. The van der Waals surface area contributed by atoms with Crippen LogP contribution in [0.5, 0.6) is 0 Å². The normalized spacial score (nSPS) is 28.8. The summed E-state index contributed by atoms with van der Waals surface area (Å²) < 4.78 is 0. The van der Waals surface area contributed by atoms with Crippen molar-refractivity contribution in [3.05, 3.63) is 0 Å². The number of aliphatic hydroxyl groups excluding tert-OH is 1. The van der Waals surface area contributed by atoms with Gasteiger partial charge in [-0.05, 0) is 33.4 Å². The van der Waals surface area contributed by atoms with Crippen molar-refractivity contribution in [2.75, 3.05) is 26.7 Å². The monoisotopic (exact) mass is 172 g/mol. The Morgan fingerprint density at radius 3 is 3.00 bits per heavy atom. The number of hydrogen-bond donors (Lipinski definition) is 2. The van der Waals surface area contributed by atoms with Gasteiger partial charge in [0.1, 0.15) is 0 Å². The standard InChI is InChI=1S/C9H20N2O/c1-8(7-12)11-5-3-4-9(6-11)10-2/h8-10,12H,3-7H2,1-2H3. The first-order valence-electron chi connectivity index (χ1n) is 4.80. The SMILES string of the molecule is CNC1CCCN(C(C)CO)C1. The molecule has 0 aromatic carbocycles. The number of nitrogens with one attached hydrogen (secondary N) is 1. The van der Waals surface area contributed by atoms with Gasteiger partial charge >= 0.3 is 0 Å². The summed E-state index contributed by atoms with van der Waals surface area (Å²) in [4.78, 5) is 2.35. The number of likely N-dealkylation sites (N-methyl/N-ethyl adjacent to an activating group) is 1. The Balaban J connectivity index is 2.34. The van der Waals surface area contributed by atoms with Crippen molar-refractivity contribution >= 4 is 0 Å². The Kier molecular flexibility index (Phi) is 3.98. The molecule has 0 aliphatic carbocycles. The number of hydrogen-bond acceptors (Lipinski definition) is 3. The first kappa shape index (κ1) is 9.96. The van der Waals surface area contributed by atoms with Gasteiger partial charge in [0.25, 0.3) is 0 Å². The summed E-state index contributed by atoms with van der Waals surface area (Å²) in [6.45, 7) is 4.58. The predicted molar refractivity (Wildman–Crippen MR) is 50.2 cm³/mol. The van der Waals surface area contributed by atoms with Crippen molar-refractivity contribution < 1.29 is 5.11 Å². The first-order valence-corrected chi connectivity index (χ1v) is 4.80. The van der Waals surface area contributed by atoms with Gasteiger partial charge in [-0.25, -0.2) is 0 Å². The second-order valence-corrected chi connectivity index (χ2v) is 3.65. The third-order valence-corrected chi connectivity index (χ3v) is 2.75. The van der Waals surface area contributed by atoms with E-state index in [2.05, 4.69) is 17.1 Å². The molecule has 0 saturated carbocycles. The van der Waals surface area contributed by atoms with E-state index in [4.69, 9.17) is 5.11 Å². The average Bonchev–Trinajstić information content (AvgIpc) is 2.17. The van der Waals surface area contributed by atoms with Crippen molar-refractivity contribution in [1.82, 2.24) is 10.2 Å². The molecule has 2 N–H and O–H groups in total. The Bertz CT molecular complexity index is 128. The zero-order chi connectivity index (χ0) is 8.97. The molecule has 72 valence electrons. The number of rotatable bonds is 3. The van der Waals surface area contributed by atoms with Gasteiger partial charge in [0.05, 0.1) is 6.61 Å².